The fourth-order valence-electron chi connectivity index (χ4n) is 1.17. The maximum absolute atomic E-state index is 11.6. The summed E-state index contributed by atoms with van der Waals surface area (Å²) < 4.78 is 0.761. The molecule has 0 aromatic carbocycles. The van der Waals surface area contributed by atoms with Crippen LogP contribution < -0.4 is 16.6 Å². The lowest BCUT2D eigenvalue weighted by Gasteiger charge is -2.04. The first-order valence-corrected chi connectivity index (χ1v) is 3.78. The highest BCUT2D eigenvalue weighted by atomic mass is 16.2. The lowest BCUT2D eigenvalue weighted by molar-refractivity contribution is 0.0934. The highest BCUT2D eigenvalue weighted by Gasteiger charge is 2.19. The van der Waals surface area contributed by atoms with Crippen LogP contribution in [0.2, 0.25) is 0 Å². The van der Waals surface area contributed by atoms with Crippen LogP contribution in [0.3, 0.4) is 0 Å². The van der Waals surface area contributed by atoms with Gasteiger partial charge in [0.05, 0.1) is 0 Å². The number of carbonyl (C=O) groups is 1. The van der Waals surface area contributed by atoms with Crippen LogP contribution in [0.4, 0.5) is 17.5 Å². The van der Waals surface area contributed by atoms with Gasteiger partial charge in [0.1, 0.15) is 6.34 Å². The number of rotatable bonds is 0. The topological polar surface area (TPSA) is 104 Å². The Morgan fingerprint density at radius 3 is 2.93 bits per heavy atom. The number of aliphatic imine (C=N–C) groups is 1. The third-order valence-corrected chi connectivity index (χ3v) is 1.75. The van der Waals surface area contributed by atoms with E-state index in [0.29, 0.717) is 0 Å². The average molecular weight is 192 g/mol. The van der Waals surface area contributed by atoms with E-state index in [0.717, 1.165) is 4.57 Å². The van der Waals surface area contributed by atoms with E-state index in [-0.39, 0.29) is 17.5 Å². The standard InChI is InChI=1S/C7H6N5O2/c1-3(13)12-6(14)4-5(10-2-9-4)11-7(12)8/h2H,1H3,(H2,8,11). The van der Waals surface area contributed by atoms with Crippen molar-refractivity contribution in [1.29, 1.82) is 0 Å². The number of nitrogens with zero attached hydrogens (tertiary/aromatic N) is 4. The molecule has 0 spiro atoms. The van der Waals surface area contributed by atoms with Gasteiger partial charge in [-0.3, -0.25) is 9.59 Å². The van der Waals surface area contributed by atoms with Gasteiger partial charge in [-0.05, 0) is 0 Å². The Balaban J connectivity index is 2.80. The summed E-state index contributed by atoms with van der Waals surface area (Å²) in [5.41, 5.74) is 4.88. The predicted octanol–water partition coefficient (Wildman–Crippen LogP) is -0.605. The van der Waals surface area contributed by atoms with Gasteiger partial charge >= 0.3 is 0 Å². The van der Waals surface area contributed by atoms with Gasteiger partial charge in [0.15, 0.2) is 11.5 Å². The molecule has 7 nitrogen and oxygen atoms in total. The molecule has 71 valence electrons. The Bertz CT molecular complexity index is 502. The molecular weight excluding hydrogens is 186 g/mol. The van der Waals surface area contributed by atoms with Gasteiger partial charge in [0.2, 0.25) is 11.9 Å². The molecule has 14 heavy (non-hydrogen) atoms. The lowest BCUT2D eigenvalue weighted by Crippen LogP contribution is -2.28. The van der Waals surface area contributed by atoms with Gasteiger partial charge in [-0.2, -0.15) is 4.98 Å². The summed E-state index contributed by atoms with van der Waals surface area (Å²) in [6.45, 7) is 1.22. The molecule has 0 fully saturated rings. The second kappa shape index (κ2) is 2.66. The second-order valence-electron chi connectivity index (χ2n) is 2.68. The first kappa shape index (κ1) is 8.42. The van der Waals surface area contributed by atoms with E-state index in [1.807, 2.05) is 0 Å². The molecule has 0 atom stereocenters. The van der Waals surface area contributed by atoms with Crippen molar-refractivity contribution in [1.82, 2.24) is 14.9 Å². The first-order chi connectivity index (χ1) is 6.61. The Kier molecular flexibility index (Phi) is 1.60. The summed E-state index contributed by atoms with van der Waals surface area (Å²) in [5.74, 6) is -0.509. The number of carbonyl (C=O) groups excluding carboxylic acids is 1. The fraction of sp³-hybridized carbons (Fsp3) is 0.143. The van der Waals surface area contributed by atoms with Crippen molar-refractivity contribution in [3.63, 3.8) is 0 Å². The normalized spacial score (nSPS) is 12.4. The molecule has 1 aromatic heterocycles. The summed E-state index contributed by atoms with van der Waals surface area (Å²) in [7, 11) is 0. The van der Waals surface area contributed by atoms with Crippen LogP contribution in [0.1, 0.15) is 11.7 Å². The molecule has 2 rings (SSSR count). The molecule has 1 radical (unpaired) electrons. The van der Waals surface area contributed by atoms with Crippen molar-refractivity contribution >= 4 is 29.7 Å². The molecular formula is C7H6N5O2. The lowest BCUT2D eigenvalue weighted by atomic mass is 10.4. The van der Waals surface area contributed by atoms with Crippen LogP contribution in [0.15, 0.2) is 9.79 Å². The summed E-state index contributed by atoms with van der Waals surface area (Å²) in [6, 6.07) is 0. The number of aromatic nitrogens is 2. The van der Waals surface area contributed by atoms with Crippen molar-refractivity contribution < 1.29 is 4.79 Å². The van der Waals surface area contributed by atoms with Crippen LogP contribution in [-0.4, -0.2) is 21.8 Å². The number of nitrogens with two attached hydrogens (primary N) is 1. The van der Waals surface area contributed by atoms with Gasteiger partial charge < -0.3 is 5.73 Å². The van der Waals surface area contributed by atoms with Crippen LogP contribution in [0.25, 0.3) is 0 Å². The molecule has 0 saturated heterocycles. The fourth-order valence-corrected chi connectivity index (χ4v) is 1.17. The van der Waals surface area contributed by atoms with Crippen LogP contribution >= 0.6 is 0 Å². The van der Waals surface area contributed by atoms with Gasteiger partial charge in [-0.25, -0.2) is 14.9 Å². The number of hydrogen-bond acceptors (Lipinski definition) is 5. The zero-order valence-corrected chi connectivity index (χ0v) is 7.26. The second-order valence-corrected chi connectivity index (χ2v) is 2.68. The maximum Gasteiger partial charge on any atom is 0.290 e. The van der Waals surface area contributed by atoms with Crippen LogP contribution in [0, 0.1) is 0 Å². The van der Waals surface area contributed by atoms with Crippen LogP contribution in [0.5, 0.6) is 0 Å². The molecule has 1 aliphatic heterocycles. The third kappa shape index (κ3) is 0.987. The van der Waals surface area contributed by atoms with Crippen molar-refractivity contribution in [2.24, 2.45) is 4.99 Å². The number of hydrogen-bond donors (Lipinski definition) is 1. The number of anilines is 1. The Morgan fingerprint density at radius 1 is 1.57 bits per heavy atom. The van der Waals surface area contributed by atoms with Crippen molar-refractivity contribution in [3.8, 4) is 0 Å². The van der Waals surface area contributed by atoms with Gasteiger partial charge in [-0.1, -0.05) is 0 Å². The van der Waals surface area contributed by atoms with E-state index in [1.54, 1.807) is 0 Å². The maximum atomic E-state index is 11.6. The summed E-state index contributed by atoms with van der Waals surface area (Å²) in [5, 5.41) is 3.71. The van der Waals surface area contributed by atoms with E-state index in [9.17, 15) is 9.59 Å². The Morgan fingerprint density at radius 2 is 2.29 bits per heavy atom. The van der Waals surface area contributed by atoms with E-state index in [1.165, 1.54) is 13.3 Å². The van der Waals surface area contributed by atoms with Crippen molar-refractivity contribution in [3.05, 3.63) is 10.4 Å². The molecule has 2 heterocycles. The summed E-state index contributed by atoms with van der Waals surface area (Å²) in [6.07, 6.45) is 1.20. The Labute approximate surface area is 78.3 Å². The predicted molar refractivity (Wildman–Crippen MR) is 49.2 cm³/mol. The molecule has 0 amide bonds. The number of fused-ring (bicyclic) bond motifs is 1. The first-order valence-electron chi connectivity index (χ1n) is 3.78. The molecule has 0 aliphatic carbocycles. The van der Waals surface area contributed by atoms with Crippen molar-refractivity contribution in [2.45, 2.75) is 6.92 Å². The van der Waals surface area contributed by atoms with Gasteiger partial charge in [-0.15, -0.1) is 0 Å². The monoisotopic (exact) mass is 192 g/mol. The highest BCUT2D eigenvalue weighted by molar-refractivity contribution is 5.84. The zero-order chi connectivity index (χ0) is 10.3. The minimum Gasteiger partial charge on any atom is -0.369 e. The number of nitrogen functional groups attached to an aromatic ring is 1. The minimum atomic E-state index is -0.586. The zero-order valence-electron chi connectivity index (χ0n) is 7.26. The van der Waals surface area contributed by atoms with E-state index in [4.69, 9.17) is 5.73 Å². The smallest absolute Gasteiger partial charge is 0.290 e. The van der Waals surface area contributed by atoms with E-state index < -0.39 is 11.5 Å². The Hall–Kier alpha value is -2.18. The molecule has 0 bridgehead atoms. The van der Waals surface area contributed by atoms with Crippen molar-refractivity contribution in [2.75, 3.05) is 5.73 Å². The van der Waals surface area contributed by atoms with E-state index in [2.05, 4.69) is 15.3 Å². The minimum absolute atomic E-state index is 0.0504. The highest BCUT2D eigenvalue weighted by Crippen LogP contribution is 2.22. The van der Waals surface area contributed by atoms with E-state index >= 15 is 0 Å². The largest absolute Gasteiger partial charge is 0.369 e. The molecule has 0 saturated carbocycles. The average Bonchev–Trinajstić information content (AvgIpc) is 2.50. The molecule has 7 heteroatoms. The molecule has 1 aliphatic rings. The third-order valence-electron chi connectivity index (χ3n) is 1.75. The quantitative estimate of drug-likeness (QED) is 0.592. The van der Waals surface area contributed by atoms with Gasteiger partial charge in [0.25, 0.3) is 5.56 Å². The molecule has 0 unspecified atom stereocenters. The summed E-state index contributed by atoms with van der Waals surface area (Å²) >= 11 is 0. The SMILES string of the molecule is CC(=O)n1c(N)nc2c(c1=O)N=C[N]2. The molecule has 2 N–H and O–H groups in total. The van der Waals surface area contributed by atoms with Gasteiger partial charge in [0, 0.05) is 6.92 Å². The molecule has 1 aromatic rings. The van der Waals surface area contributed by atoms with Crippen LogP contribution in [-0.2, 0) is 0 Å². The summed E-state index contributed by atoms with van der Waals surface area (Å²) in [4.78, 5) is 30.1.